The lowest BCUT2D eigenvalue weighted by Gasteiger charge is -2.13. The normalized spacial score (nSPS) is 10.9. The van der Waals surface area contributed by atoms with Crippen molar-refractivity contribution in [3.05, 3.63) is 58.6 Å². The second-order valence-corrected chi connectivity index (χ2v) is 5.77. The van der Waals surface area contributed by atoms with E-state index in [-0.39, 0.29) is 0 Å². The standard InChI is InChI=1S/C18H22ClNO/c1-4-15-7-5-6-8-17(15)21-18-10-9-14(11-16(18)19)12-20-13(2)3/h5-11,13,20H,4,12H2,1-3H3. The van der Waals surface area contributed by atoms with Crippen LogP contribution in [0.3, 0.4) is 0 Å². The maximum Gasteiger partial charge on any atom is 0.146 e. The molecule has 0 aliphatic heterocycles. The minimum atomic E-state index is 0.455. The van der Waals surface area contributed by atoms with E-state index in [0.29, 0.717) is 16.8 Å². The Balaban J connectivity index is 2.14. The number of ether oxygens (including phenoxy) is 1. The molecule has 21 heavy (non-hydrogen) atoms. The van der Waals surface area contributed by atoms with Gasteiger partial charge < -0.3 is 10.1 Å². The molecule has 2 aromatic rings. The number of nitrogens with one attached hydrogen (secondary N) is 1. The van der Waals surface area contributed by atoms with Gasteiger partial charge in [0.1, 0.15) is 11.5 Å². The Labute approximate surface area is 132 Å². The van der Waals surface area contributed by atoms with E-state index in [9.17, 15) is 0 Å². The van der Waals surface area contributed by atoms with Gasteiger partial charge >= 0.3 is 0 Å². The maximum atomic E-state index is 6.34. The van der Waals surface area contributed by atoms with Crippen LogP contribution in [0.4, 0.5) is 0 Å². The summed E-state index contributed by atoms with van der Waals surface area (Å²) in [4.78, 5) is 0. The van der Waals surface area contributed by atoms with Crippen molar-refractivity contribution in [2.75, 3.05) is 0 Å². The first kappa shape index (κ1) is 15.9. The Hall–Kier alpha value is -1.51. The topological polar surface area (TPSA) is 21.3 Å². The van der Waals surface area contributed by atoms with Crippen LogP contribution < -0.4 is 10.1 Å². The van der Waals surface area contributed by atoms with Gasteiger partial charge in [-0.05, 0) is 35.7 Å². The summed E-state index contributed by atoms with van der Waals surface area (Å²) < 4.78 is 5.96. The molecule has 1 N–H and O–H groups in total. The Morgan fingerprint density at radius 2 is 1.86 bits per heavy atom. The van der Waals surface area contributed by atoms with E-state index in [1.165, 1.54) is 5.56 Å². The molecule has 0 aliphatic carbocycles. The smallest absolute Gasteiger partial charge is 0.146 e. The van der Waals surface area contributed by atoms with Gasteiger partial charge in [0, 0.05) is 12.6 Å². The van der Waals surface area contributed by atoms with Crippen molar-refractivity contribution in [3.8, 4) is 11.5 Å². The monoisotopic (exact) mass is 303 g/mol. The number of benzene rings is 2. The minimum Gasteiger partial charge on any atom is -0.456 e. The second-order valence-electron chi connectivity index (χ2n) is 5.36. The van der Waals surface area contributed by atoms with Gasteiger partial charge in [0.15, 0.2) is 0 Å². The summed E-state index contributed by atoms with van der Waals surface area (Å²) in [5.41, 5.74) is 2.34. The molecular formula is C18H22ClNO. The van der Waals surface area contributed by atoms with Gasteiger partial charge in [-0.25, -0.2) is 0 Å². The van der Waals surface area contributed by atoms with Crippen LogP contribution in [0.1, 0.15) is 31.9 Å². The van der Waals surface area contributed by atoms with Crippen molar-refractivity contribution < 1.29 is 4.74 Å². The molecule has 0 fully saturated rings. The van der Waals surface area contributed by atoms with Gasteiger partial charge in [0.25, 0.3) is 0 Å². The highest BCUT2D eigenvalue weighted by atomic mass is 35.5. The number of hydrogen-bond donors (Lipinski definition) is 1. The molecule has 0 atom stereocenters. The number of para-hydroxylation sites is 1. The van der Waals surface area contributed by atoms with E-state index >= 15 is 0 Å². The van der Waals surface area contributed by atoms with Crippen molar-refractivity contribution in [1.82, 2.24) is 5.32 Å². The third-order valence-electron chi connectivity index (χ3n) is 3.28. The van der Waals surface area contributed by atoms with Crippen LogP contribution in [0.2, 0.25) is 5.02 Å². The van der Waals surface area contributed by atoms with Gasteiger partial charge in [-0.15, -0.1) is 0 Å². The molecule has 2 rings (SSSR count). The van der Waals surface area contributed by atoms with Crippen LogP contribution in [0.15, 0.2) is 42.5 Å². The average molecular weight is 304 g/mol. The van der Waals surface area contributed by atoms with Crippen molar-refractivity contribution in [3.63, 3.8) is 0 Å². The Morgan fingerprint density at radius 1 is 1.10 bits per heavy atom. The summed E-state index contributed by atoms with van der Waals surface area (Å²) in [5.74, 6) is 1.57. The van der Waals surface area contributed by atoms with Gasteiger partial charge in [-0.3, -0.25) is 0 Å². The van der Waals surface area contributed by atoms with E-state index in [0.717, 1.165) is 24.3 Å². The quantitative estimate of drug-likeness (QED) is 0.792. The Bertz CT molecular complexity index is 596. The summed E-state index contributed by atoms with van der Waals surface area (Å²) in [6.45, 7) is 7.18. The summed E-state index contributed by atoms with van der Waals surface area (Å²) in [6, 6.07) is 14.4. The summed E-state index contributed by atoms with van der Waals surface area (Å²) in [7, 11) is 0. The van der Waals surface area contributed by atoms with E-state index < -0.39 is 0 Å². The SMILES string of the molecule is CCc1ccccc1Oc1ccc(CNC(C)C)cc1Cl. The van der Waals surface area contributed by atoms with Crippen molar-refractivity contribution in [2.24, 2.45) is 0 Å². The number of halogens is 1. The zero-order valence-corrected chi connectivity index (χ0v) is 13.6. The molecule has 0 radical (unpaired) electrons. The zero-order chi connectivity index (χ0) is 15.2. The molecule has 0 unspecified atom stereocenters. The first-order chi connectivity index (χ1) is 10.1. The largest absolute Gasteiger partial charge is 0.456 e. The number of hydrogen-bond acceptors (Lipinski definition) is 2. The molecule has 0 saturated heterocycles. The minimum absolute atomic E-state index is 0.455. The molecule has 0 spiro atoms. The van der Waals surface area contributed by atoms with Gasteiger partial charge in [-0.1, -0.05) is 56.6 Å². The second kappa shape index (κ2) is 7.48. The van der Waals surface area contributed by atoms with Crippen molar-refractivity contribution >= 4 is 11.6 Å². The first-order valence-corrected chi connectivity index (χ1v) is 7.75. The number of rotatable bonds is 6. The fraction of sp³-hybridized carbons (Fsp3) is 0.333. The predicted octanol–water partition coefficient (Wildman–Crippen LogP) is 5.19. The van der Waals surface area contributed by atoms with E-state index in [4.69, 9.17) is 16.3 Å². The highest BCUT2D eigenvalue weighted by Gasteiger charge is 2.07. The van der Waals surface area contributed by atoms with Gasteiger partial charge in [0.2, 0.25) is 0 Å². The molecule has 0 heterocycles. The Kier molecular flexibility index (Phi) is 5.66. The highest BCUT2D eigenvalue weighted by molar-refractivity contribution is 6.32. The first-order valence-electron chi connectivity index (χ1n) is 7.37. The van der Waals surface area contributed by atoms with Gasteiger partial charge in [-0.2, -0.15) is 0 Å². The molecule has 0 aliphatic rings. The predicted molar refractivity (Wildman–Crippen MR) is 89.3 cm³/mol. The van der Waals surface area contributed by atoms with Crippen LogP contribution in [0, 0.1) is 0 Å². The molecule has 3 heteroatoms. The summed E-state index contributed by atoms with van der Waals surface area (Å²) in [5, 5.41) is 4.02. The molecule has 0 amide bonds. The fourth-order valence-electron chi connectivity index (χ4n) is 2.07. The highest BCUT2D eigenvalue weighted by Crippen LogP contribution is 2.32. The van der Waals surface area contributed by atoms with Crippen LogP contribution in [-0.4, -0.2) is 6.04 Å². The molecule has 112 valence electrons. The van der Waals surface area contributed by atoms with Crippen LogP contribution in [-0.2, 0) is 13.0 Å². The lowest BCUT2D eigenvalue weighted by atomic mass is 10.1. The molecule has 0 saturated carbocycles. The lowest BCUT2D eigenvalue weighted by Crippen LogP contribution is -2.21. The van der Waals surface area contributed by atoms with Crippen molar-refractivity contribution in [2.45, 2.75) is 39.8 Å². The summed E-state index contributed by atoms with van der Waals surface area (Å²) >= 11 is 6.34. The third-order valence-corrected chi connectivity index (χ3v) is 3.58. The molecule has 2 aromatic carbocycles. The van der Waals surface area contributed by atoms with Crippen LogP contribution >= 0.6 is 11.6 Å². The van der Waals surface area contributed by atoms with E-state index in [1.54, 1.807) is 0 Å². The van der Waals surface area contributed by atoms with Crippen molar-refractivity contribution in [1.29, 1.82) is 0 Å². The molecule has 0 bridgehead atoms. The van der Waals surface area contributed by atoms with Crippen LogP contribution in [0.5, 0.6) is 11.5 Å². The van der Waals surface area contributed by atoms with Crippen LogP contribution in [0.25, 0.3) is 0 Å². The van der Waals surface area contributed by atoms with E-state index in [2.05, 4.69) is 32.2 Å². The molecule has 0 aromatic heterocycles. The fourth-order valence-corrected chi connectivity index (χ4v) is 2.31. The van der Waals surface area contributed by atoms with Gasteiger partial charge in [0.05, 0.1) is 5.02 Å². The average Bonchev–Trinajstić information content (AvgIpc) is 2.48. The number of aryl methyl sites for hydroxylation is 1. The summed E-state index contributed by atoms with van der Waals surface area (Å²) in [6.07, 6.45) is 0.935. The maximum absolute atomic E-state index is 6.34. The third kappa shape index (κ3) is 4.48. The Morgan fingerprint density at radius 3 is 2.52 bits per heavy atom. The molecular weight excluding hydrogens is 282 g/mol. The zero-order valence-electron chi connectivity index (χ0n) is 12.8. The molecule has 2 nitrogen and oxygen atoms in total. The lowest BCUT2D eigenvalue weighted by molar-refractivity contribution is 0.476. The van der Waals surface area contributed by atoms with E-state index in [1.807, 2.05) is 36.4 Å².